The van der Waals surface area contributed by atoms with E-state index in [-0.39, 0.29) is 18.9 Å². The number of nitrogens with one attached hydrogen (secondary N) is 1. The number of hydrogen-bond donors (Lipinski definition) is 12. The van der Waals surface area contributed by atoms with Gasteiger partial charge in [0.1, 0.15) is 73.2 Å². The normalized spacial score (nSPS) is 25.3. The molecule has 19 heteroatoms. The van der Waals surface area contributed by atoms with Crippen LogP contribution >= 0.6 is 0 Å². The van der Waals surface area contributed by atoms with Crippen LogP contribution in [-0.4, -0.2) is 193 Å². The van der Waals surface area contributed by atoms with E-state index in [1.165, 1.54) is 334 Å². The Labute approximate surface area is 670 Å². The molecule has 3 fully saturated rings. The van der Waals surface area contributed by atoms with Crippen LogP contribution in [0.1, 0.15) is 406 Å². The van der Waals surface area contributed by atoms with Gasteiger partial charge in [-0.05, 0) is 57.8 Å². The van der Waals surface area contributed by atoms with Gasteiger partial charge in [0, 0.05) is 6.42 Å². The zero-order chi connectivity index (χ0) is 79.5. The molecule has 110 heavy (non-hydrogen) atoms. The van der Waals surface area contributed by atoms with Crippen molar-refractivity contribution < 1.29 is 89.4 Å². The molecule has 0 saturated carbocycles. The molecule has 0 aromatic heterocycles. The first-order valence-corrected chi connectivity index (χ1v) is 46.2. The average molecular weight is 1570 g/mol. The van der Waals surface area contributed by atoms with E-state index in [9.17, 15) is 61.0 Å². The molecular formula is C91H171NO18. The van der Waals surface area contributed by atoms with Crippen LogP contribution in [0.4, 0.5) is 0 Å². The fourth-order valence-electron chi connectivity index (χ4n) is 15.8. The van der Waals surface area contributed by atoms with Crippen molar-refractivity contribution in [3.8, 4) is 0 Å². The molecule has 0 spiro atoms. The van der Waals surface area contributed by atoms with Crippen molar-refractivity contribution in [2.75, 3.05) is 26.4 Å². The number of carbonyl (C=O) groups is 1. The number of hydrogen-bond acceptors (Lipinski definition) is 18. The largest absolute Gasteiger partial charge is 0.394 e. The molecule has 3 rings (SSSR count). The number of rotatable bonds is 76. The van der Waals surface area contributed by atoms with Gasteiger partial charge in [0.05, 0.1) is 38.6 Å². The molecule has 19 nitrogen and oxygen atoms in total. The van der Waals surface area contributed by atoms with E-state index in [1.54, 1.807) is 6.08 Å². The number of unbranched alkanes of at least 4 members (excludes halogenated alkanes) is 56. The Morgan fingerprint density at radius 1 is 0.318 bits per heavy atom. The summed E-state index contributed by atoms with van der Waals surface area (Å²) >= 11 is 0. The van der Waals surface area contributed by atoms with Crippen LogP contribution < -0.4 is 5.32 Å². The summed E-state index contributed by atoms with van der Waals surface area (Å²) in [4.78, 5) is 13.5. The first kappa shape index (κ1) is 102. The summed E-state index contributed by atoms with van der Waals surface area (Å²) in [6.07, 6.45) is 64.6. The molecule has 12 N–H and O–H groups in total. The molecule has 0 aliphatic carbocycles. The van der Waals surface area contributed by atoms with Gasteiger partial charge < -0.3 is 89.9 Å². The van der Waals surface area contributed by atoms with E-state index in [2.05, 4.69) is 43.5 Å². The number of ether oxygens (including phenoxy) is 6. The maximum Gasteiger partial charge on any atom is 0.220 e. The van der Waals surface area contributed by atoms with Crippen molar-refractivity contribution in [2.45, 2.75) is 510 Å². The highest BCUT2D eigenvalue weighted by Gasteiger charge is 2.54. The molecular weight excluding hydrogens is 1390 g/mol. The third-order valence-electron chi connectivity index (χ3n) is 23.2. The van der Waals surface area contributed by atoms with Gasteiger partial charge in [-0.2, -0.15) is 0 Å². The van der Waals surface area contributed by atoms with Gasteiger partial charge in [-0.3, -0.25) is 4.79 Å². The fourth-order valence-corrected chi connectivity index (χ4v) is 15.8. The fraction of sp³-hybridized carbons (Fsp3) is 0.923. The van der Waals surface area contributed by atoms with Crippen LogP contribution in [0.5, 0.6) is 0 Å². The molecule has 3 saturated heterocycles. The van der Waals surface area contributed by atoms with Crippen LogP contribution in [0, 0.1) is 0 Å². The predicted octanol–water partition coefficient (Wildman–Crippen LogP) is 17.8. The smallest absolute Gasteiger partial charge is 0.220 e. The number of aliphatic hydroxyl groups excluding tert-OH is 11. The van der Waals surface area contributed by atoms with Gasteiger partial charge in [0.25, 0.3) is 0 Å². The Balaban J connectivity index is 1.33. The molecule has 0 aromatic rings. The molecule has 0 bridgehead atoms. The summed E-state index contributed by atoms with van der Waals surface area (Å²) in [5, 5.41) is 121. The van der Waals surface area contributed by atoms with E-state index < -0.39 is 124 Å². The molecule has 0 radical (unpaired) electrons. The van der Waals surface area contributed by atoms with Crippen LogP contribution in [-0.2, 0) is 33.2 Å². The summed E-state index contributed by atoms with van der Waals surface area (Å²) in [7, 11) is 0. The minimum absolute atomic E-state index is 0.240. The average Bonchev–Trinajstić information content (AvgIpc) is 0.780. The number of amides is 1. The number of allylic oxidation sites excluding steroid dienone is 5. The standard InChI is InChI=1S/C91H171NO18/c1-3-5-7-9-11-13-15-17-19-21-23-25-27-29-31-33-35-37-39-41-43-45-47-49-51-53-55-57-59-61-63-65-67-69-79(97)92-74(75(96)68-66-64-62-60-58-56-54-52-50-48-46-44-42-40-38-36-34-32-30-28-26-24-22-20-18-16-14-12-10-8-6-4-2)73-105-89-85(103)82(100)87(77(71-94)107-89)110-91-86(104)83(101)88(78(72-95)108-91)109-90-84(102)81(99)80(98)76(70-93)106-90/h21,23,58,60,66,68,74-78,80-91,93-96,98-104H,3-20,22,24-57,59,61-65,67,69-73H2,1-2H3,(H,92,97)/b23-21-,60-58+,68-66+. The Morgan fingerprint density at radius 3 is 0.909 bits per heavy atom. The summed E-state index contributed by atoms with van der Waals surface area (Å²) in [6, 6.07) is -0.991. The highest BCUT2D eigenvalue weighted by atomic mass is 16.8. The van der Waals surface area contributed by atoms with E-state index in [0.29, 0.717) is 12.8 Å². The zero-order valence-corrected chi connectivity index (χ0v) is 70.0. The van der Waals surface area contributed by atoms with Crippen LogP contribution in [0.25, 0.3) is 0 Å². The zero-order valence-electron chi connectivity index (χ0n) is 70.0. The molecule has 3 heterocycles. The maximum atomic E-state index is 13.5. The number of aliphatic hydroxyl groups is 11. The Bertz CT molecular complexity index is 2120. The summed E-state index contributed by atoms with van der Waals surface area (Å²) < 4.78 is 34.5. The van der Waals surface area contributed by atoms with Crippen molar-refractivity contribution >= 4 is 5.91 Å². The second-order valence-electron chi connectivity index (χ2n) is 33.1. The minimum Gasteiger partial charge on any atom is -0.394 e. The van der Waals surface area contributed by atoms with Crippen molar-refractivity contribution in [1.82, 2.24) is 5.32 Å². The van der Waals surface area contributed by atoms with E-state index in [1.807, 2.05) is 6.08 Å². The summed E-state index contributed by atoms with van der Waals surface area (Å²) in [5.41, 5.74) is 0. The lowest BCUT2D eigenvalue weighted by Gasteiger charge is -2.48. The third-order valence-corrected chi connectivity index (χ3v) is 23.2. The second kappa shape index (κ2) is 71.1. The van der Waals surface area contributed by atoms with Gasteiger partial charge in [-0.15, -0.1) is 0 Å². The lowest BCUT2D eigenvalue weighted by molar-refractivity contribution is -0.379. The lowest BCUT2D eigenvalue weighted by Crippen LogP contribution is -2.66. The SMILES string of the molecule is CCCCCCCCCC/C=C\CCCCCCCCCCCCCCCCCCCCCCCC(=O)NC(COC1OC(CO)C(OC2OC(CO)C(OC3OC(CO)C(O)C(O)C3O)C(O)C2O)C(O)C1O)C(O)/C=C/CC/C=C/CCCCCCCCCCCCCCCCCCCCCCCCCCCC. The molecule has 1 amide bonds. The van der Waals surface area contributed by atoms with Crippen LogP contribution in [0.3, 0.4) is 0 Å². The topological polar surface area (TPSA) is 307 Å². The van der Waals surface area contributed by atoms with Crippen molar-refractivity contribution in [1.29, 1.82) is 0 Å². The summed E-state index contributed by atoms with van der Waals surface area (Å²) in [5.74, 6) is -0.277. The predicted molar refractivity (Wildman–Crippen MR) is 443 cm³/mol. The van der Waals surface area contributed by atoms with Gasteiger partial charge in [-0.1, -0.05) is 378 Å². The van der Waals surface area contributed by atoms with Gasteiger partial charge >= 0.3 is 0 Å². The molecule has 648 valence electrons. The molecule has 17 atom stereocenters. The summed E-state index contributed by atoms with van der Waals surface area (Å²) in [6.45, 7) is 1.79. The first-order valence-electron chi connectivity index (χ1n) is 46.2. The van der Waals surface area contributed by atoms with E-state index >= 15 is 0 Å². The van der Waals surface area contributed by atoms with Crippen LogP contribution in [0.15, 0.2) is 36.5 Å². The number of carbonyl (C=O) groups excluding carboxylic acids is 1. The second-order valence-corrected chi connectivity index (χ2v) is 33.1. The van der Waals surface area contributed by atoms with E-state index in [4.69, 9.17) is 28.4 Å². The lowest BCUT2D eigenvalue weighted by atomic mass is 9.96. The monoisotopic (exact) mass is 1570 g/mol. The third kappa shape index (κ3) is 49.3. The van der Waals surface area contributed by atoms with Crippen molar-refractivity contribution in [2.24, 2.45) is 0 Å². The maximum absolute atomic E-state index is 13.5. The van der Waals surface area contributed by atoms with E-state index in [0.717, 1.165) is 38.5 Å². The Kier molecular flexibility index (Phi) is 66.1. The molecule has 17 unspecified atom stereocenters. The minimum atomic E-state index is -1.98. The van der Waals surface area contributed by atoms with Gasteiger partial charge in [0.15, 0.2) is 18.9 Å². The molecule has 3 aliphatic heterocycles. The highest BCUT2D eigenvalue weighted by molar-refractivity contribution is 5.76. The first-order chi connectivity index (χ1) is 53.8. The quantitative estimate of drug-likeness (QED) is 0.0199. The highest BCUT2D eigenvalue weighted by Crippen LogP contribution is 2.34. The Morgan fingerprint density at radius 2 is 0.582 bits per heavy atom. The molecule has 3 aliphatic rings. The van der Waals surface area contributed by atoms with Crippen LogP contribution in [0.2, 0.25) is 0 Å². The van der Waals surface area contributed by atoms with Gasteiger partial charge in [0.2, 0.25) is 5.91 Å². The molecule has 0 aromatic carbocycles. The van der Waals surface area contributed by atoms with Gasteiger partial charge in [-0.25, -0.2) is 0 Å². The van der Waals surface area contributed by atoms with Crippen molar-refractivity contribution in [3.05, 3.63) is 36.5 Å². The van der Waals surface area contributed by atoms with Crippen molar-refractivity contribution in [3.63, 3.8) is 0 Å². The Hall–Kier alpha value is -1.99.